The molecule has 3 aromatic carbocycles. The van der Waals surface area contributed by atoms with E-state index in [1.165, 1.54) is 0 Å². The van der Waals surface area contributed by atoms with Crippen LogP contribution in [0.25, 0.3) is 0 Å². The van der Waals surface area contributed by atoms with Gasteiger partial charge in [-0.25, -0.2) is 4.57 Å². The molecule has 0 aliphatic carbocycles. The summed E-state index contributed by atoms with van der Waals surface area (Å²) < 4.78 is 24.8. The van der Waals surface area contributed by atoms with E-state index in [0.717, 1.165) is 5.56 Å². The van der Waals surface area contributed by atoms with E-state index in [9.17, 15) is 4.57 Å². The highest BCUT2D eigenvalue weighted by molar-refractivity contribution is 7.52. The van der Waals surface area contributed by atoms with Crippen LogP contribution in [0.5, 0.6) is 11.5 Å². The van der Waals surface area contributed by atoms with Crippen molar-refractivity contribution >= 4 is 7.75 Å². The third-order valence-corrected chi connectivity index (χ3v) is 5.19. The largest absolute Gasteiger partial charge is 0.513 e. The van der Waals surface area contributed by atoms with Gasteiger partial charge >= 0.3 is 7.75 Å². The number of para-hydroxylation sites is 2. The zero-order valence-corrected chi connectivity index (χ0v) is 14.8. The van der Waals surface area contributed by atoms with Crippen LogP contribution in [0.4, 0.5) is 0 Å². The smallest absolute Gasteiger partial charge is 0.405 e. The van der Waals surface area contributed by atoms with Crippen molar-refractivity contribution in [1.29, 1.82) is 0 Å². The van der Waals surface area contributed by atoms with Gasteiger partial charge in [-0.1, -0.05) is 66.7 Å². The highest BCUT2D eigenvalue weighted by Gasteiger charge is 2.31. The van der Waals surface area contributed by atoms with Gasteiger partial charge in [-0.2, -0.15) is 5.09 Å². The molecule has 0 saturated heterocycles. The Morgan fingerprint density at radius 2 is 1.12 bits per heavy atom. The lowest BCUT2D eigenvalue weighted by Crippen LogP contribution is -2.22. The van der Waals surface area contributed by atoms with Gasteiger partial charge in [0, 0.05) is 6.04 Å². The molecule has 0 aromatic heterocycles. The molecular formula is C20H20NO3P. The average Bonchev–Trinajstić information content (AvgIpc) is 2.64. The summed E-state index contributed by atoms with van der Waals surface area (Å²) >= 11 is 0. The summed E-state index contributed by atoms with van der Waals surface area (Å²) in [7, 11) is -3.63. The Balaban J connectivity index is 1.84. The van der Waals surface area contributed by atoms with Gasteiger partial charge in [0.2, 0.25) is 0 Å². The standard InChI is InChI=1S/C20H20NO3P/c1-17(18-11-5-2-6-12-18)21-25(22,23-19-13-7-3-8-14-19)24-20-15-9-4-10-16-20/h2-17H,1H3,(H,21,22). The maximum absolute atomic E-state index is 13.4. The van der Waals surface area contributed by atoms with Crippen molar-refractivity contribution in [3.05, 3.63) is 96.6 Å². The first-order valence-corrected chi connectivity index (χ1v) is 9.61. The molecule has 3 aromatic rings. The molecule has 0 saturated carbocycles. The molecule has 5 heteroatoms. The zero-order chi connectivity index (χ0) is 17.5. The predicted molar refractivity (Wildman–Crippen MR) is 99.7 cm³/mol. The summed E-state index contributed by atoms with van der Waals surface area (Å²) in [6.45, 7) is 1.92. The van der Waals surface area contributed by atoms with E-state index < -0.39 is 7.75 Å². The average molecular weight is 353 g/mol. The van der Waals surface area contributed by atoms with Gasteiger partial charge in [0.25, 0.3) is 0 Å². The highest BCUT2D eigenvalue weighted by Crippen LogP contribution is 2.46. The topological polar surface area (TPSA) is 47.6 Å². The van der Waals surface area contributed by atoms with Crippen LogP contribution < -0.4 is 14.1 Å². The lowest BCUT2D eigenvalue weighted by molar-refractivity contribution is 0.363. The van der Waals surface area contributed by atoms with Crippen molar-refractivity contribution in [2.24, 2.45) is 0 Å². The summed E-state index contributed by atoms with van der Waals surface area (Å²) in [4.78, 5) is 0. The second-order valence-electron chi connectivity index (χ2n) is 5.57. The van der Waals surface area contributed by atoms with Crippen LogP contribution in [0.1, 0.15) is 18.5 Å². The van der Waals surface area contributed by atoms with Gasteiger partial charge in [-0.05, 0) is 36.8 Å². The number of nitrogens with one attached hydrogen (secondary N) is 1. The number of rotatable bonds is 7. The van der Waals surface area contributed by atoms with Crippen molar-refractivity contribution in [1.82, 2.24) is 5.09 Å². The summed E-state index contributed by atoms with van der Waals surface area (Å²) in [5.41, 5.74) is 0.996. The number of benzene rings is 3. The minimum atomic E-state index is -3.63. The Morgan fingerprint density at radius 1 is 0.720 bits per heavy atom. The molecule has 0 fully saturated rings. The molecule has 0 aliphatic heterocycles. The first-order valence-electron chi connectivity index (χ1n) is 8.07. The Kier molecular flexibility index (Phi) is 5.54. The maximum Gasteiger partial charge on any atom is 0.513 e. The monoisotopic (exact) mass is 353 g/mol. The molecule has 0 spiro atoms. The van der Waals surface area contributed by atoms with E-state index in [0.29, 0.717) is 11.5 Å². The van der Waals surface area contributed by atoms with Gasteiger partial charge in [-0.15, -0.1) is 0 Å². The fourth-order valence-electron chi connectivity index (χ4n) is 2.37. The van der Waals surface area contributed by atoms with Gasteiger partial charge in [0.15, 0.2) is 0 Å². The lowest BCUT2D eigenvalue weighted by Gasteiger charge is -2.24. The normalized spacial score (nSPS) is 12.4. The minimum Gasteiger partial charge on any atom is -0.405 e. The summed E-state index contributed by atoms with van der Waals surface area (Å²) in [6.07, 6.45) is 0. The molecule has 1 unspecified atom stereocenters. The first kappa shape index (κ1) is 17.3. The zero-order valence-electron chi connectivity index (χ0n) is 13.9. The molecule has 0 bridgehead atoms. The van der Waals surface area contributed by atoms with E-state index in [4.69, 9.17) is 9.05 Å². The van der Waals surface area contributed by atoms with Gasteiger partial charge in [-0.3, -0.25) is 0 Å². The van der Waals surface area contributed by atoms with E-state index in [1.54, 1.807) is 24.3 Å². The minimum absolute atomic E-state index is 0.209. The Hall–Kier alpha value is -2.55. The predicted octanol–water partition coefficient (Wildman–Crippen LogP) is 5.60. The van der Waals surface area contributed by atoms with E-state index in [-0.39, 0.29) is 6.04 Å². The third kappa shape index (κ3) is 4.96. The van der Waals surface area contributed by atoms with Crippen molar-refractivity contribution in [2.45, 2.75) is 13.0 Å². The third-order valence-electron chi connectivity index (χ3n) is 3.59. The maximum atomic E-state index is 13.4. The van der Waals surface area contributed by atoms with Crippen LogP contribution >= 0.6 is 7.75 Å². The number of hydrogen-bond acceptors (Lipinski definition) is 3. The molecule has 0 heterocycles. The van der Waals surface area contributed by atoms with Gasteiger partial charge < -0.3 is 9.05 Å². The van der Waals surface area contributed by atoms with Crippen LogP contribution in [0, 0.1) is 0 Å². The van der Waals surface area contributed by atoms with E-state index >= 15 is 0 Å². The van der Waals surface area contributed by atoms with E-state index in [1.807, 2.05) is 73.7 Å². The van der Waals surface area contributed by atoms with Crippen LogP contribution in [0.2, 0.25) is 0 Å². The van der Waals surface area contributed by atoms with Crippen molar-refractivity contribution in [3.8, 4) is 11.5 Å². The fraction of sp³-hybridized carbons (Fsp3) is 0.100. The SMILES string of the molecule is CC(NP(=O)(Oc1ccccc1)Oc1ccccc1)c1ccccc1. The molecule has 0 aliphatic rings. The van der Waals surface area contributed by atoms with Crippen LogP contribution in [0.15, 0.2) is 91.0 Å². The molecule has 4 nitrogen and oxygen atoms in total. The lowest BCUT2D eigenvalue weighted by atomic mass is 10.1. The van der Waals surface area contributed by atoms with E-state index in [2.05, 4.69) is 5.09 Å². The van der Waals surface area contributed by atoms with Crippen molar-refractivity contribution in [2.75, 3.05) is 0 Å². The quantitative estimate of drug-likeness (QED) is 0.561. The van der Waals surface area contributed by atoms with Gasteiger partial charge in [0.05, 0.1) is 0 Å². The molecule has 3 rings (SSSR count). The number of hydrogen-bond donors (Lipinski definition) is 1. The van der Waals surface area contributed by atoms with Crippen molar-refractivity contribution < 1.29 is 13.6 Å². The second-order valence-corrected chi connectivity index (χ2v) is 7.19. The summed E-state index contributed by atoms with van der Waals surface area (Å²) in [6, 6.07) is 27.6. The molecule has 0 amide bonds. The van der Waals surface area contributed by atoms with Crippen LogP contribution in [-0.2, 0) is 4.57 Å². The Bertz CT molecular complexity index is 780. The second kappa shape index (κ2) is 8.02. The van der Waals surface area contributed by atoms with Gasteiger partial charge in [0.1, 0.15) is 11.5 Å². The summed E-state index contributed by atoms with van der Waals surface area (Å²) in [5, 5.41) is 3.02. The fourth-order valence-corrected chi connectivity index (χ4v) is 3.93. The highest BCUT2D eigenvalue weighted by atomic mass is 31.2. The molecular weight excluding hydrogens is 333 g/mol. The van der Waals surface area contributed by atoms with Crippen LogP contribution in [0.3, 0.4) is 0 Å². The molecule has 1 atom stereocenters. The Labute approximate surface area is 148 Å². The van der Waals surface area contributed by atoms with Crippen molar-refractivity contribution in [3.63, 3.8) is 0 Å². The summed E-state index contributed by atoms with van der Waals surface area (Å²) in [5.74, 6) is 0.962. The van der Waals surface area contributed by atoms with Crippen LogP contribution in [-0.4, -0.2) is 0 Å². The first-order chi connectivity index (χ1) is 12.1. The molecule has 25 heavy (non-hydrogen) atoms. The molecule has 1 N–H and O–H groups in total. The molecule has 128 valence electrons. The Morgan fingerprint density at radius 3 is 1.56 bits per heavy atom. The molecule has 0 radical (unpaired) electrons.